The van der Waals surface area contributed by atoms with E-state index in [2.05, 4.69) is 12.2 Å². The first-order chi connectivity index (χ1) is 13.0. The molecule has 1 amide bonds. The molecule has 1 heterocycles. The van der Waals surface area contributed by atoms with E-state index >= 15 is 0 Å². The van der Waals surface area contributed by atoms with Crippen molar-refractivity contribution in [1.82, 2.24) is 0 Å². The van der Waals surface area contributed by atoms with E-state index in [9.17, 15) is 9.59 Å². The third kappa shape index (κ3) is 4.33. The number of anilines is 1. The van der Waals surface area contributed by atoms with Crippen LogP contribution in [0, 0.1) is 5.92 Å². The van der Waals surface area contributed by atoms with E-state index in [0.717, 1.165) is 24.8 Å². The van der Waals surface area contributed by atoms with Gasteiger partial charge in [-0.2, -0.15) is 0 Å². The second-order valence-electron chi connectivity index (χ2n) is 6.86. The number of ether oxygens (including phenoxy) is 2. The van der Waals surface area contributed by atoms with Crippen molar-refractivity contribution in [1.29, 1.82) is 0 Å². The summed E-state index contributed by atoms with van der Waals surface area (Å²) in [7, 11) is 1.37. The van der Waals surface area contributed by atoms with Crippen molar-refractivity contribution in [3.8, 4) is 5.75 Å². The van der Waals surface area contributed by atoms with Gasteiger partial charge in [-0.3, -0.25) is 4.79 Å². The van der Waals surface area contributed by atoms with E-state index in [1.807, 2.05) is 37.3 Å². The second-order valence-corrected chi connectivity index (χ2v) is 7.97. The lowest BCUT2D eigenvalue weighted by Crippen LogP contribution is -2.32. The molecule has 0 unspecified atom stereocenters. The summed E-state index contributed by atoms with van der Waals surface area (Å²) in [5.74, 6) is 0.578. The quantitative estimate of drug-likeness (QED) is 0.744. The van der Waals surface area contributed by atoms with Crippen molar-refractivity contribution in [3.63, 3.8) is 0 Å². The van der Waals surface area contributed by atoms with Gasteiger partial charge in [-0.15, -0.1) is 11.3 Å². The van der Waals surface area contributed by atoms with Crippen LogP contribution in [0.1, 0.15) is 47.5 Å². The number of benzene rings is 1. The number of hydrogen-bond donors (Lipinski definition) is 1. The van der Waals surface area contributed by atoms with Crippen molar-refractivity contribution in [2.75, 3.05) is 12.4 Å². The van der Waals surface area contributed by atoms with Gasteiger partial charge < -0.3 is 14.8 Å². The number of para-hydroxylation sites is 1. The Kier molecular flexibility index (Phi) is 6.16. The van der Waals surface area contributed by atoms with Crippen LogP contribution >= 0.6 is 11.3 Å². The first-order valence-corrected chi connectivity index (χ1v) is 10.1. The lowest BCUT2D eigenvalue weighted by atomic mass is 9.88. The van der Waals surface area contributed by atoms with Gasteiger partial charge in [0.05, 0.1) is 12.7 Å². The molecule has 0 bridgehead atoms. The van der Waals surface area contributed by atoms with Crippen LogP contribution in [0.5, 0.6) is 5.75 Å². The zero-order chi connectivity index (χ0) is 19.4. The Balaban J connectivity index is 1.83. The summed E-state index contributed by atoms with van der Waals surface area (Å²) >= 11 is 1.48. The lowest BCUT2D eigenvalue weighted by molar-refractivity contribution is -0.122. The number of methoxy groups -OCH3 is 1. The van der Waals surface area contributed by atoms with Gasteiger partial charge in [0.1, 0.15) is 10.8 Å². The van der Waals surface area contributed by atoms with Crippen molar-refractivity contribution in [3.05, 3.63) is 46.3 Å². The predicted molar refractivity (Wildman–Crippen MR) is 107 cm³/mol. The molecule has 5 nitrogen and oxygen atoms in total. The van der Waals surface area contributed by atoms with E-state index < -0.39 is 12.1 Å². The van der Waals surface area contributed by atoms with Gasteiger partial charge in [0.15, 0.2) is 6.10 Å². The molecule has 1 aliphatic rings. The highest BCUT2D eigenvalue weighted by Gasteiger charge is 2.30. The maximum absolute atomic E-state index is 12.8. The molecule has 2 aromatic rings. The molecule has 3 rings (SSSR count). The third-order valence-electron chi connectivity index (χ3n) is 4.82. The number of fused-ring (bicyclic) bond motifs is 1. The molecular weight excluding hydrogens is 362 g/mol. The van der Waals surface area contributed by atoms with Gasteiger partial charge >= 0.3 is 5.97 Å². The molecule has 2 atom stereocenters. The highest BCUT2D eigenvalue weighted by molar-refractivity contribution is 7.17. The molecule has 0 fully saturated rings. The summed E-state index contributed by atoms with van der Waals surface area (Å²) in [4.78, 5) is 26.3. The van der Waals surface area contributed by atoms with Gasteiger partial charge in [0.2, 0.25) is 0 Å². The minimum Gasteiger partial charge on any atom is -0.481 e. The van der Waals surface area contributed by atoms with E-state index in [1.54, 1.807) is 0 Å². The van der Waals surface area contributed by atoms with E-state index in [0.29, 0.717) is 28.7 Å². The maximum atomic E-state index is 12.8. The summed E-state index contributed by atoms with van der Waals surface area (Å²) in [5, 5.41) is 3.49. The molecule has 6 heteroatoms. The van der Waals surface area contributed by atoms with Crippen molar-refractivity contribution in [2.24, 2.45) is 5.92 Å². The van der Waals surface area contributed by atoms with Crippen molar-refractivity contribution < 1.29 is 19.1 Å². The highest BCUT2D eigenvalue weighted by Crippen LogP contribution is 2.40. The Hall–Kier alpha value is -2.34. The second kappa shape index (κ2) is 8.57. The molecule has 1 aromatic carbocycles. The largest absolute Gasteiger partial charge is 0.481 e. The molecular formula is C21H25NO4S. The number of amides is 1. The summed E-state index contributed by atoms with van der Waals surface area (Å²) < 4.78 is 10.8. The minimum absolute atomic E-state index is 0.252. The van der Waals surface area contributed by atoms with Crippen LogP contribution in [0.4, 0.5) is 5.00 Å². The lowest BCUT2D eigenvalue weighted by Gasteiger charge is -2.18. The Labute approximate surface area is 163 Å². The number of nitrogens with one attached hydrogen (secondary N) is 1. The van der Waals surface area contributed by atoms with Crippen LogP contribution in [-0.4, -0.2) is 25.1 Å². The fourth-order valence-electron chi connectivity index (χ4n) is 3.33. The number of thiophene rings is 1. The van der Waals surface area contributed by atoms with Crippen LogP contribution in [0.15, 0.2) is 30.3 Å². The van der Waals surface area contributed by atoms with Crippen molar-refractivity contribution >= 4 is 28.2 Å². The van der Waals surface area contributed by atoms with Crippen LogP contribution in [-0.2, 0) is 22.4 Å². The Morgan fingerprint density at radius 1 is 1.30 bits per heavy atom. The molecule has 1 aromatic heterocycles. The summed E-state index contributed by atoms with van der Waals surface area (Å²) in [6.45, 7) is 4.11. The Morgan fingerprint density at radius 3 is 2.70 bits per heavy atom. The fraction of sp³-hybridized carbons (Fsp3) is 0.429. The Morgan fingerprint density at radius 2 is 2.04 bits per heavy atom. The zero-order valence-corrected chi connectivity index (χ0v) is 16.7. The van der Waals surface area contributed by atoms with E-state index in [-0.39, 0.29) is 5.91 Å². The standard InChI is InChI=1S/C21H25NO4S/c1-4-16(26-14-8-6-5-7-9-14)19(23)22-20-18(21(24)25-3)15-11-10-13(2)12-17(15)27-20/h5-9,13,16H,4,10-12H2,1-3H3,(H,22,23)/t13-,16-/m1/s1. The number of hydrogen-bond acceptors (Lipinski definition) is 5. The molecule has 144 valence electrons. The van der Waals surface area contributed by atoms with Gasteiger partial charge in [0, 0.05) is 4.88 Å². The molecule has 0 saturated heterocycles. The molecule has 0 spiro atoms. The van der Waals surface area contributed by atoms with Gasteiger partial charge in [-0.1, -0.05) is 32.0 Å². The number of rotatable bonds is 6. The average Bonchev–Trinajstić information content (AvgIpc) is 3.02. The van der Waals surface area contributed by atoms with E-state index in [1.165, 1.54) is 23.3 Å². The smallest absolute Gasteiger partial charge is 0.341 e. The summed E-state index contributed by atoms with van der Waals surface area (Å²) in [6.07, 6.45) is 2.70. The molecule has 0 radical (unpaired) electrons. The first kappa shape index (κ1) is 19.4. The first-order valence-electron chi connectivity index (χ1n) is 9.28. The van der Waals surface area contributed by atoms with Crippen LogP contribution in [0.2, 0.25) is 0 Å². The minimum atomic E-state index is -0.629. The SMILES string of the molecule is CC[C@@H](Oc1ccccc1)C(=O)Nc1sc2c(c1C(=O)OC)CC[C@@H](C)C2. The zero-order valence-electron chi connectivity index (χ0n) is 15.9. The van der Waals surface area contributed by atoms with Gasteiger partial charge in [-0.05, 0) is 49.3 Å². The number of carbonyl (C=O) groups excluding carboxylic acids is 2. The topological polar surface area (TPSA) is 64.6 Å². The average molecular weight is 388 g/mol. The number of esters is 1. The maximum Gasteiger partial charge on any atom is 0.341 e. The van der Waals surface area contributed by atoms with Gasteiger partial charge in [0.25, 0.3) is 5.91 Å². The summed E-state index contributed by atoms with van der Waals surface area (Å²) in [6, 6.07) is 9.27. The van der Waals surface area contributed by atoms with Crippen LogP contribution in [0.3, 0.4) is 0 Å². The van der Waals surface area contributed by atoms with Crippen molar-refractivity contribution in [2.45, 2.75) is 45.6 Å². The van der Waals surface area contributed by atoms with E-state index in [4.69, 9.17) is 9.47 Å². The summed E-state index contributed by atoms with van der Waals surface area (Å²) in [5.41, 5.74) is 1.53. The molecule has 27 heavy (non-hydrogen) atoms. The highest BCUT2D eigenvalue weighted by atomic mass is 32.1. The normalized spacial score (nSPS) is 16.9. The monoisotopic (exact) mass is 387 g/mol. The number of carbonyl (C=O) groups is 2. The molecule has 0 saturated carbocycles. The molecule has 1 aliphatic carbocycles. The fourth-order valence-corrected chi connectivity index (χ4v) is 4.74. The van der Waals surface area contributed by atoms with Crippen LogP contribution in [0.25, 0.3) is 0 Å². The Bertz CT molecular complexity index is 815. The molecule has 0 aliphatic heterocycles. The molecule has 1 N–H and O–H groups in total. The predicted octanol–water partition coefficient (Wildman–Crippen LogP) is 4.46. The van der Waals surface area contributed by atoms with Gasteiger partial charge in [-0.25, -0.2) is 4.79 Å². The van der Waals surface area contributed by atoms with Crippen LogP contribution < -0.4 is 10.1 Å². The third-order valence-corrected chi connectivity index (χ3v) is 5.99.